The van der Waals surface area contributed by atoms with E-state index in [0.29, 0.717) is 6.04 Å². The first-order chi connectivity index (χ1) is 8.70. The van der Waals surface area contributed by atoms with Gasteiger partial charge in [0.25, 0.3) is 0 Å². The lowest BCUT2D eigenvalue weighted by atomic mass is 10.0. The van der Waals surface area contributed by atoms with Crippen molar-refractivity contribution in [3.8, 4) is 0 Å². The standard InChI is InChI=1S/C14H17BrN2S/c1-3-13(11-4-6-12(15)7-5-11)16-8-14-10(2)17-9-18-14/h4-7,9,13,16H,3,8H2,1-2H3. The van der Waals surface area contributed by atoms with Crippen molar-refractivity contribution in [2.45, 2.75) is 32.9 Å². The second kappa shape index (κ2) is 6.45. The Hall–Kier alpha value is -0.710. The number of benzene rings is 1. The van der Waals surface area contributed by atoms with E-state index in [1.165, 1.54) is 10.4 Å². The van der Waals surface area contributed by atoms with E-state index in [4.69, 9.17) is 0 Å². The molecular formula is C14H17BrN2S. The molecule has 0 aliphatic rings. The van der Waals surface area contributed by atoms with Crippen molar-refractivity contribution in [1.29, 1.82) is 0 Å². The summed E-state index contributed by atoms with van der Waals surface area (Å²) in [7, 11) is 0. The van der Waals surface area contributed by atoms with Gasteiger partial charge in [0, 0.05) is 21.9 Å². The van der Waals surface area contributed by atoms with Gasteiger partial charge in [0.2, 0.25) is 0 Å². The van der Waals surface area contributed by atoms with Crippen molar-refractivity contribution in [1.82, 2.24) is 10.3 Å². The highest BCUT2D eigenvalue weighted by atomic mass is 79.9. The Kier molecular flexibility index (Phi) is 4.92. The van der Waals surface area contributed by atoms with Gasteiger partial charge in [0.15, 0.2) is 0 Å². The summed E-state index contributed by atoms with van der Waals surface area (Å²) in [5, 5.41) is 3.60. The van der Waals surface area contributed by atoms with E-state index in [-0.39, 0.29) is 0 Å². The molecule has 18 heavy (non-hydrogen) atoms. The fourth-order valence-corrected chi connectivity index (χ4v) is 2.90. The molecule has 0 aliphatic heterocycles. The second-order valence-corrected chi connectivity index (χ2v) is 6.11. The molecule has 0 amide bonds. The third-order valence-corrected chi connectivity index (χ3v) is 4.50. The van der Waals surface area contributed by atoms with Gasteiger partial charge in [0.05, 0.1) is 11.2 Å². The quantitative estimate of drug-likeness (QED) is 0.878. The Morgan fingerprint density at radius 2 is 2.06 bits per heavy atom. The van der Waals surface area contributed by atoms with E-state index in [1.54, 1.807) is 11.3 Å². The number of rotatable bonds is 5. The summed E-state index contributed by atoms with van der Waals surface area (Å²) in [4.78, 5) is 5.60. The van der Waals surface area contributed by atoms with Crippen molar-refractivity contribution in [3.63, 3.8) is 0 Å². The monoisotopic (exact) mass is 324 g/mol. The van der Waals surface area contributed by atoms with E-state index in [2.05, 4.69) is 64.3 Å². The molecule has 2 rings (SSSR count). The Balaban J connectivity index is 2.01. The summed E-state index contributed by atoms with van der Waals surface area (Å²) < 4.78 is 1.12. The average Bonchev–Trinajstić information content (AvgIpc) is 2.78. The predicted octanol–water partition coefficient (Wildman–Crippen LogP) is 4.45. The van der Waals surface area contributed by atoms with Crippen molar-refractivity contribution in [2.75, 3.05) is 0 Å². The van der Waals surface area contributed by atoms with Gasteiger partial charge >= 0.3 is 0 Å². The van der Waals surface area contributed by atoms with Crippen LogP contribution < -0.4 is 5.32 Å². The van der Waals surface area contributed by atoms with Gasteiger partial charge in [-0.2, -0.15) is 0 Å². The van der Waals surface area contributed by atoms with Gasteiger partial charge in [-0.25, -0.2) is 4.98 Å². The largest absolute Gasteiger partial charge is 0.305 e. The fourth-order valence-electron chi connectivity index (χ4n) is 1.90. The first-order valence-electron chi connectivity index (χ1n) is 6.08. The van der Waals surface area contributed by atoms with Gasteiger partial charge in [-0.1, -0.05) is 35.0 Å². The molecule has 1 atom stereocenters. The topological polar surface area (TPSA) is 24.9 Å². The molecule has 0 aliphatic carbocycles. The molecule has 2 nitrogen and oxygen atoms in total. The van der Waals surface area contributed by atoms with Crippen LogP contribution in [0.4, 0.5) is 0 Å². The van der Waals surface area contributed by atoms with Crippen LogP contribution in [0.15, 0.2) is 34.2 Å². The van der Waals surface area contributed by atoms with Crippen LogP contribution in [0.2, 0.25) is 0 Å². The first-order valence-corrected chi connectivity index (χ1v) is 7.75. The Bertz CT molecular complexity index is 493. The summed E-state index contributed by atoms with van der Waals surface area (Å²) in [6, 6.07) is 8.93. The van der Waals surface area contributed by atoms with Crippen LogP contribution in [-0.2, 0) is 6.54 Å². The minimum absolute atomic E-state index is 0.402. The van der Waals surface area contributed by atoms with Crippen LogP contribution in [-0.4, -0.2) is 4.98 Å². The average molecular weight is 325 g/mol. The third-order valence-electron chi connectivity index (χ3n) is 3.03. The molecule has 1 aromatic carbocycles. The van der Waals surface area contributed by atoms with Crippen LogP contribution in [0.5, 0.6) is 0 Å². The fraction of sp³-hybridized carbons (Fsp3) is 0.357. The number of halogens is 1. The lowest BCUT2D eigenvalue weighted by molar-refractivity contribution is 0.521. The first kappa shape index (κ1) is 13.7. The summed E-state index contributed by atoms with van der Waals surface area (Å²) in [6.07, 6.45) is 1.08. The van der Waals surface area contributed by atoms with Gasteiger partial charge < -0.3 is 5.32 Å². The number of nitrogens with one attached hydrogen (secondary N) is 1. The predicted molar refractivity (Wildman–Crippen MR) is 80.9 cm³/mol. The maximum Gasteiger partial charge on any atom is 0.0798 e. The lowest BCUT2D eigenvalue weighted by Crippen LogP contribution is -2.20. The number of thiazole rings is 1. The molecule has 0 saturated heterocycles. The van der Waals surface area contributed by atoms with Crippen LogP contribution >= 0.6 is 27.3 Å². The lowest BCUT2D eigenvalue weighted by Gasteiger charge is -2.17. The molecule has 0 spiro atoms. The summed E-state index contributed by atoms with van der Waals surface area (Å²) in [5.74, 6) is 0. The van der Waals surface area contributed by atoms with Crippen molar-refractivity contribution in [2.24, 2.45) is 0 Å². The van der Waals surface area contributed by atoms with Gasteiger partial charge in [0.1, 0.15) is 0 Å². The van der Waals surface area contributed by atoms with Crippen LogP contribution in [0.3, 0.4) is 0 Å². The van der Waals surface area contributed by atoms with E-state index < -0.39 is 0 Å². The highest BCUT2D eigenvalue weighted by Crippen LogP contribution is 2.21. The summed E-state index contributed by atoms with van der Waals surface area (Å²) >= 11 is 5.19. The van der Waals surface area contributed by atoms with Crippen molar-refractivity contribution < 1.29 is 0 Å². The number of aryl methyl sites for hydroxylation is 1. The minimum Gasteiger partial charge on any atom is -0.305 e. The van der Waals surface area contributed by atoms with Gasteiger partial charge in [-0.05, 0) is 31.0 Å². The molecule has 1 unspecified atom stereocenters. The number of aromatic nitrogens is 1. The molecule has 4 heteroatoms. The minimum atomic E-state index is 0.402. The molecule has 0 radical (unpaired) electrons. The van der Waals surface area contributed by atoms with E-state index in [0.717, 1.165) is 23.1 Å². The Morgan fingerprint density at radius 1 is 1.33 bits per heavy atom. The molecule has 0 bridgehead atoms. The highest BCUT2D eigenvalue weighted by molar-refractivity contribution is 9.10. The van der Waals surface area contributed by atoms with Crippen LogP contribution in [0.1, 0.15) is 35.5 Å². The summed E-state index contributed by atoms with van der Waals surface area (Å²) in [5.41, 5.74) is 4.38. The van der Waals surface area contributed by atoms with E-state index in [1.807, 2.05) is 5.51 Å². The molecule has 1 aromatic heterocycles. The molecule has 1 heterocycles. The SMILES string of the molecule is CCC(NCc1scnc1C)c1ccc(Br)cc1. The van der Waals surface area contributed by atoms with E-state index >= 15 is 0 Å². The number of nitrogens with zero attached hydrogens (tertiary/aromatic N) is 1. The zero-order chi connectivity index (χ0) is 13.0. The number of hydrogen-bond acceptors (Lipinski definition) is 3. The zero-order valence-electron chi connectivity index (χ0n) is 10.6. The van der Waals surface area contributed by atoms with E-state index in [9.17, 15) is 0 Å². The zero-order valence-corrected chi connectivity index (χ0v) is 13.0. The molecule has 2 aromatic rings. The van der Waals surface area contributed by atoms with Crippen LogP contribution in [0.25, 0.3) is 0 Å². The Labute approximate surface area is 121 Å². The third kappa shape index (κ3) is 3.40. The maximum absolute atomic E-state index is 4.28. The second-order valence-electron chi connectivity index (χ2n) is 4.25. The van der Waals surface area contributed by atoms with Gasteiger partial charge in [-0.3, -0.25) is 0 Å². The maximum atomic E-state index is 4.28. The van der Waals surface area contributed by atoms with Gasteiger partial charge in [-0.15, -0.1) is 11.3 Å². The number of hydrogen-bond donors (Lipinski definition) is 1. The molecular weight excluding hydrogens is 308 g/mol. The van der Waals surface area contributed by atoms with Crippen molar-refractivity contribution >= 4 is 27.3 Å². The summed E-state index contributed by atoms with van der Waals surface area (Å²) in [6.45, 7) is 5.17. The normalized spacial score (nSPS) is 12.6. The van der Waals surface area contributed by atoms with Crippen LogP contribution in [0, 0.1) is 6.92 Å². The molecule has 0 saturated carbocycles. The van der Waals surface area contributed by atoms with Crippen molar-refractivity contribution in [3.05, 3.63) is 50.4 Å². The molecule has 0 fully saturated rings. The molecule has 1 N–H and O–H groups in total. The highest BCUT2D eigenvalue weighted by Gasteiger charge is 2.10. The molecule has 96 valence electrons. The smallest absolute Gasteiger partial charge is 0.0798 e. The Morgan fingerprint density at radius 3 is 2.61 bits per heavy atom.